The summed E-state index contributed by atoms with van der Waals surface area (Å²) in [7, 11) is -3.55. The van der Waals surface area contributed by atoms with Crippen LogP contribution in [0.25, 0.3) is 0 Å². The lowest BCUT2D eigenvalue weighted by Gasteiger charge is -2.38. The van der Waals surface area contributed by atoms with Gasteiger partial charge in [-0.25, -0.2) is 13.2 Å². The van der Waals surface area contributed by atoms with Gasteiger partial charge in [0.1, 0.15) is 0 Å². The summed E-state index contributed by atoms with van der Waals surface area (Å²) < 4.78 is 29.4. The summed E-state index contributed by atoms with van der Waals surface area (Å²) in [5, 5.41) is 0. The number of carbonyl (C=O) groups is 2. The van der Waals surface area contributed by atoms with Gasteiger partial charge in [-0.15, -0.1) is 0 Å². The minimum atomic E-state index is -3.55. The molecule has 0 saturated carbocycles. The normalized spacial score (nSPS) is 21.0. The first kappa shape index (κ1) is 19.4. The first-order chi connectivity index (χ1) is 11.8. The van der Waals surface area contributed by atoms with E-state index in [1.807, 2.05) is 13.8 Å². The van der Waals surface area contributed by atoms with E-state index < -0.39 is 15.8 Å². The molecule has 1 saturated heterocycles. The van der Waals surface area contributed by atoms with E-state index in [9.17, 15) is 18.0 Å². The van der Waals surface area contributed by atoms with Gasteiger partial charge in [0.25, 0.3) is 5.91 Å². The Morgan fingerprint density at radius 2 is 1.76 bits per heavy atom. The summed E-state index contributed by atoms with van der Waals surface area (Å²) in [6.07, 6.45) is 2.94. The number of carbonyl (C=O) groups excluding carboxylic acids is 2. The molecule has 6 nitrogen and oxygen atoms in total. The van der Waals surface area contributed by atoms with Crippen LogP contribution in [0, 0.1) is 0 Å². The van der Waals surface area contributed by atoms with Crippen molar-refractivity contribution in [2.75, 3.05) is 12.4 Å². The highest BCUT2D eigenvalue weighted by Crippen LogP contribution is 2.23. The predicted molar refractivity (Wildman–Crippen MR) is 94.1 cm³/mol. The van der Waals surface area contributed by atoms with Gasteiger partial charge in [-0.2, -0.15) is 0 Å². The van der Waals surface area contributed by atoms with Crippen molar-refractivity contribution in [3.05, 3.63) is 29.8 Å². The van der Waals surface area contributed by atoms with Crippen molar-refractivity contribution in [1.29, 1.82) is 0 Å². The fourth-order valence-corrected chi connectivity index (χ4v) is 4.34. The molecule has 1 aromatic rings. The molecule has 25 heavy (non-hydrogen) atoms. The Balaban J connectivity index is 2.10. The average molecular weight is 367 g/mol. The van der Waals surface area contributed by atoms with Gasteiger partial charge in [-0.1, -0.05) is 19.1 Å². The second-order valence-electron chi connectivity index (χ2n) is 6.41. The smallest absolute Gasteiger partial charge is 0.339 e. The molecule has 0 bridgehead atoms. The van der Waals surface area contributed by atoms with Crippen molar-refractivity contribution in [2.45, 2.75) is 57.0 Å². The number of nitrogens with zero attached hydrogens (tertiary/aromatic N) is 1. The number of sulfone groups is 1. The van der Waals surface area contributed by atoms with Crippen LogP contribution in [0.15, 0.2) is 29.2 Å². The Morgan fingerprint density at radius 1 is 1.16 bits per heavy atom. The van der Waals surface area contributed by atoms with Crippen LogP contribution in [-0.4, -0.2) is 49.6 Å². The maximum Gasteiger partial charge on any atom is 0.339 e. The number of rotatable bonds is 5. The highest BCUT2D eigenvalue weighted by molar-refractivity contribution is 7.91. The molecule has 1 aliphatic heterocycles. The Morgan fingerprint density at radius 3 is 2.36 bits per heavy atom. The Bertz CT molecular complexity index is 734. The highest BCUT2D eigenvalue weighted by atomic mass is 32.2. The zero-order valence-electron chi connectivity index (χ0n) is 14.9. The number of ether oxygens (including phenoxy) is 1. The highest BCUT2D eigenvalue weighted by Gasteiger charge is 2.30. The van der Waals surface area contributed by atoms with Gasteiger partial charge in [0.05, 0.1) is 16.2 Å². The van der Waals surface area contributed by atoms with Gasteiger partial charge in [0.15, 0.2) is 16.4 Å². The summed E-state index contributed by atoms with van der Waals surface area (Å²) in [5.74, 6) is -1.15. The van der Waals surface area contributed by atoms with E-state index in [-0.39, 0.29) is 40.8 Å². The fourth-order valence-electron chi connectivity index (χ4n) is 3.25. The molecule has 1 heterocycles. The lowest BCUT2D eigenvalue weighted by molar-refractivity contribution is -0.140. The summed E-state index contributed by atoms with van der Waals surface area (Å²) in [6, 6.07) is 6.14. The third-order valence-corrected chi connectivity index (χ3v) is 6.42. The second kappa shape index (κ2) is 7.99. The first-order valence-corrected chi connectivity index (χ1v) is 10.2. The van der Waals surface area contributed by atoms with Gasteiger partial charge >= 0.3 is 5.97 Å². The van der Waals surface area contributed by atoms with Crippen molar-refractivity contribution in [3.8, 4) is 0 Å². The molecule has 1 amide bonds. The summed E-state index contributed by atoms with van der Waals surface area (Å²) in [6.45, 7) is 5.10. The van der Waals surface area contributed by atoms with Crippen LogP contribution < -0.4 is 0 Å². The van der Waals surface area contributed by atoms with Gasteiger partial charge in [-0.05, 0) is 45.2 Å². The molecule has 7 heteroatoms. The fraction of sp³-hybridized carbons (Fsp3) is 0.556. The van der Waals surface area contributed by atoms with Crippen molar-refractivity contribution >= 4 is 21.7 Å². The first-order valence-electron chi connectivity index (χ1n) is 8.58. The largest absolute Gasteiger partial charge is 0.452 e. The van der Waals surface area contributed by atoms with Crippen LogP contribution in [-0.2, 0) is 19.4 Å². The van der Waals surface area contributed by atoms with Crippen molar-refractivity contribution in [2.24, 2.45) is 0 Å². The van der Waals surface area contributed by atoms with Crippen LogP contribution in [0.3, 0.4) is 0 Å². The number of amides is 1. The van der Waals surface area contributed by atoms with Gasteiger partial charge in [0.2, 0.25) is 0 Å². The molecular weight excluding hydrogens is 342 g/mol. The van der Waals surface area contributed by atoms with E-state index in [1.54, 1.807) is 17.0 Å². The molecule has 0 radical (unpaired) electrons. The van der Waals surface area contributed by atoms with E-state index in [0.29, 0.717) is 0 Å². The van der Waals surface area contributed by atoms with E-state index in [4.69, 9.17) is 4.74 Å². The third-order valence-electron chi connectivity index (χ3n) is 4.63. The van der Waals surface area contributed by atoms with Crippen LogP contribution >= 0.6 is 0 Å². The average Bonchev–Trinajstić information content (AvgIpc) is 2.59. The SMILES string of the molecule is CCS(=O)(=O)c1ccccc1C(=O)OCC(=O)N1[C@@H](C)CCC[C@@H]1C. The maximum atomic E-state index is 12.4. The Hall–Kier alpha value is -1.89. The van der Waals surface area contributed by atoms with E-state index in [0.717, 1.165) is 19.3 Å². The van der Waals surface area contributed by atoms with Crippen LogP contribution in [0.1, 0.15) is 50.4 Å². The van der Waals surface area contributed by atoms with E-state index >= 15 is 0 Å². The molecule has 0 unspecified atom stereocenters. The van der Waals surface area contributed by atoms with Crippen LogP contribution in [0.2, 0.25) is 0 Å². The zero-order valence-corrected chi connectivity index (χ0v) is 15.7. The second-order valence-corrected chi connectivity index (χ2v) is 8.65. The van der Waals surface area contributed by atoms with E-state index in [1.165, 1.54) is 19.1 Å². The number of benzene rings is 1. The molecule has 1 aliphatic rings. The third kappa shape index (κ3) is 4.39. The standard InChI is InChI=1S/C18H25NO5S/c1-4-25(22,23)16-11-6-5-10-15(16)18(21)24-12-17(20)19-13(2)8-7-9-14(19)3/h5-6,10-11,13-14H,4,7-9,12H2,1-3H3/t13-,14-/m0/s1. The van der Waals surface area contributed by atoms with Gasteiger partial charge < -0.3 is 9.64 Å². The molecule has 1 aromatic carbocycles. The molecule has 0 spiro atoms. The molecule has 2 rings (SSSR count). The molecule has 0 aliphatic carbocycles. The zero-order chi connectivity index (χ0) is 18.6. The Kier molecular flexibility index (Phi) is 6.21. The number of esters is 1. The van der Waals surface area contributed by atoms with Gasteiger partial charge in [-0.3, -0.25) is 4.79 Å². The summed E-state index contributed by atoms with van der Waals surface area (Å²) >= 11 is 0. The molecule has 0 aromatic heterocycles. The lowest BCUT2D eigenvalue weighted by atomic mass is 9.97. The Labute approximate surface area is 149 Å². The predicted octanol–water partition coefficient (Wildman–Crippen LogP) is 2.43. The number of likely N-dealkylation sites (tertiary alicyclic amines) is 1. The quantitative estimate of drug-likeness (QED) is 0.747. The molecule has 138 valence electrons. The number of piperidine rings is 1. The molecule has 1 fully saturated rings. The number of hydrogen-bond donors (Lipinski definition) is 0. The van der Waals surface area contributed by atoms with Crippen LogP contribution in [0.5, 0.6) is 0 Å². The van der Waals surface area contributed by atoms with Crippen molar-refractivity contribution in [3.63, 3.8) is 0 Å². The topological polar surface area (TPSA) is 80.7 Å². The molecule has 2 atom stereocenters. The van der Waals surface area contributed by atoms with E-state index in [2.05, 4.69) is 0 Å². The van der Waals surface area contributed by atoms with Crippen molar-refractivity contribution < 1.29 is 22.7 Å². The van der Waals surface area contributed by atoms with Crippen molar-refractivity contribution in [1.82, 2.24) is 4.90 Å². The minimum absolute atomic E-state index is 0.0307. The summed E-state index contributed by atoms with van der Waals surface area (Å²) in [4.78, 5) is 26.4. The lowest BCUT2D eigenvalue weighted by Crippen LogP contribution is -2.49. The molecule has 0 N–H and O–H groups in total. The maximum absolute atomic E-state index is 12.4. The van der Waals surface area contributed by atoms with Gasteiger partial charge in [0, 0.05) is 12.1 Å². The number of hydrogen-bond acceptors (Lipinski definition) is 5. The molecular formula is C18H25NO5S. The monoisotopic (exact) mass is 367 g/mol. The minimum Gasteiger partial charge on any atom is -0.452 e. The van der Waals surface area contributed by atoms with Crippen LogP contribution in [0.4, 0.5) is 0 Å². The summed E-state index contributed by atoms with van der Waals surface area (Å²) in [5.41, 5.74) is -0.0307.